The molecule has 14 aromatic rings. The van der Waals surface area contributed by atoms with Gasteiger partial charge in [-0.1, -0.05) is 212 Å². The van der Waals surface area contributed by atoms with E-state index in [1.165, 1.54) is 60.6 Å². The molecule has 3 heteroatoms. The molecular formula is C71H46N2O. The molecule has 74 heavy (non-hydrogen) atoms. The number of benzene rings is 12. The molecule has 0 saturated heterocycles. The van der Waals surface area contributed by atoms with E-state index in [-0.39, 0.29) is 0 Å². The SMILES string of the molecule is c1ccc(C2(c3ccccc3)c3ccccc3-c3ccc(N(c4ccc(-c5cccc(-n6c7ccccc7c7ccccc76)c5)cc4)c4ccccc4-c4cccc5c4oc4cc6ccccc6cc45)cc32)cc1. The van der Waals surface area contributed by atoms with Crippen LogP contribution in [-0.4, -0.2) is 4.57 Å². The number of furan rings is 1. The molecule has 0 saturated carbocycles. The van der Waals surface area contributed by atoms with Gasteiger partial charge in [-0.15, -0.1) is 0 Å². The summed E-state index contributed by atoms with van der Waals surface area (Å²) in [5, 5.41) is 7.08. The normalized spacial score (nSPS) is 12.7. The number of fused-ring (bicyclic) bond motifs is 10. The van der Waals surface area contributed by atoms with Gasteiger partial charge in [0.15, 0.2) is 0 Å². The van der Waals surface area contributed by atoms with Crippen molar-refractivity contribution in [1.29, 1.82) is 0 Å². The van der Waals surface area contributed by atoms with E-state index in [1.54, 1.807) is 0 Å². The second-order valence-corrected chi connectivity index (χ2v) is 19.6. The lowest BCUT2D eigenvalue weighted by molar-refractivity contribution is 0.670. The van der Waals surface area contributed by atoms with Gasteiger partial charge in [-0.05, 0) is 122 Å². The Kier molecular flexibility index (Phi) is 9.48. The van der Waals surface area contributed by atoms with E-state index in [9.17, 15) is 0 Å². The van der Waals surface area contributed by atoms with Crippen molar-refractivity contribution < 1.29 is 4.42 Å². The highest BCUT2D eigenvalue weighted by atomic mass is 16.3. The lowest BCUT2D eigenvalue weighted by atomic mass is 9.67. The maximum absolute atomic E-state index is 6.94. The summed E-state index contributed by atoms with van der Waals surface area (Å²) in [6.07, 6.45) is 0. The molecule has 2 heterocycles. The number of nitrogens with zero attached hydrogens (tertiary/aromatic N) is 2. The fourth-order valence-electron chi connectivity index (χ4n) is 12.4. The largest absolute Gasteiger partial charge is 0.455 e. The van der Waals surface area contributed by atoms with Gasteiger partial charge >= 0.3 is 0 Å². The predicted molar refractivity (Wildman–Crippen MR) is 308 cm³/mol. The Morgan fingerprint density at radius 3 is 1.65 bits per heavy atom. The summed E-state index contributed by atoms with van der Waals surface area (Å²) < 4.78 is 9.33. The summed E-state index contributed by atoms with van der Waals surface area (Å²) >= 11 is 0. The Balaban J connectivity index is 0.935. The summed E-state index contributed by atoms with van der Waals surface area (Å²) in [6.45, 7) is 0. The first kappa shape index (κ1) is 42.0. The van der Waals surface area contributed by atoms with Gasteiger partial charge in [0.05, 0.1) is 22.1 Å². The maximum atomic E-state index is 6.94. The molecular weight excluding hydrogens is 897 g/mol. The zero-order valence-electron chi connectivity index (χ0n) is 40.4. The van der Waals surface area contributed by atoms with Crippen LogP contribution in [0, 0.1) is 0 Å². The molecule has 0 amide bonds. The molecule has 0 spiro atoms. The first-order chi connectivity index (χ1) is 36.7. The van der Waals surface area contributed by atoms with Gasteiger partial charge in [-0.2, -0.15) is 0 Å². The van der Waals surface area contributed by atoms with E-state index < -0.39 is 5.41 Å². The molecule has 346 valence electrons. The van der Waals surface area contributed by atoms with Gasteiger partial charge in [0.1, 0.15) is 11.2 Å². The van der Waals surface area contributed by atoms with Gasteiger partial charge in [0, 0.05) is 49.7 Å². The first-order valence-corrected chi connectivity index (χ1v) is 25.5. The van der Waals surface area contributed by atoms with E-state index in [1.807, 2.05) is 0 Å². The summed E-state index contributed by atoms with van der Waals surface area (Å²) in [7, 11) is 0. The van der Waals surface area contributed by atoms with Crippen LogP contribution in [0.15, 0.2) is 283 Å². The topological polar surface area (TPSA) is 21.3 Å². The third-order valence-electron chi connectivity index (χ3n) is 15.6. The van der Waals surface area contributed by atoms with Gasteiger partial charge < -0.3 is 13.9 Å². The molecule has 2 aromatic heterocycles. The lowest BCUT2D eigenvalue weighted by Gasteiger charge is -2.35. The lowest BCUT2D eigenvalue weighted by Crippen LogP contribution is -2.28. The van der Waals surface area contributed by atoms with Crippen LogP contribution < -0.4 is 4.90 Å². The van der Waals surface area contributed by atoms with Gasteiger partial charge in [-0.25, -0.2) is 0 Å². The average molecular weight is 943 g/mol. The van der Waals surface area contributed by atoms with E-state index in [0.29, 0.717) is 0 Å². The molecule has 0 bridgehead atoms. The van der Waals surface area contributed by atoms with Crippen LogP contribution in [0.1, 0.15) is 22.3 Å². The van der Waals surface area contributed by atoms with Crippen LogP contribution >= 0.6 is 0 Å². The van der Waals surface area contributed by atoms with E-state index in [2.05, 4.69) is 289 Å². The average Bonchev–Trinajstić information content (AvgIpc) is 4.12. The van der Waals surface area contributed by atoms with Gasteiger partial charge in [0.25, 0.3) is 0 Å². The summed E-state index contributed by atoms with van der Waals surface area (Å²) in [6, 6.07) is 102. The van der Waals surface area contributed by atoms with Crippen LogP contribution in [0.3, 0.4) is 0 Å². The molecule has 1 aliphatic rings. The second kappa shape index (κ2) is 16.7. The minimum Gasteiger partial charge on any atom is -0.455 e. The van der Waals surface area contributed by atoms with Crippen molar-refractivity contribution in [3.63, 3.8) is 0 Å². The van der Waals surface area contributed by atoms with Crippen LogP contribution in [-0.2, 0) is 5.41 Å². The minimum atomic E-state index is -0.565. The molecule has 3 nitrogen and oxygen atoms in total. The number of rotatable bonds is 8. The third kappa shape index (κ3) is 6.33. The monoisotopic (exact) mass is 942 g/mol. The van der Waals surface area contributed by atoms with Crippen molar-refractivity contribution in [1.82, 2.24) is 4.57 Å². The molecule has 0 unspecified atom stereocenters. The van der Waals surface area contributed by atoms with E-state index >= 15 is 0 Å². The predicted octanol–water partition coefficient (Wildman–Crippen LogP) is 19.0. The number of aromatic nitrogens is 1. The van der Waals surface area contributed by atoms with Crippen molar-refractivity contribution in [3.05, 3.63) is 301 Å². The molecule has 0 atom stereocenters. The molecule has 0 radical (unpaired) electrons. The van der Waals surface area contributed by atoms with Crippen LogP contribution in [0.5, 0.6) is 0 Å². The Bertz CT molecular complexity index is 4390. The Morgan fingerprint density at radius 2 is 0.905 bits per heavy atom. The highest BCUT2D eigenvalue weighted by Gasteiger charge is 2.46. The minimum absolute atomic E-state index is 0.565. The molecule has 1 aliphatic carbocycles. The van der Waals surface area contributed by atoms with Gasteiger partial charge in [0.2, 0.25) is 0 Å². The van der Waals surface area contributed by atoms with E-state index in [4.69, 9.17) is 4.42 Å². The quantitative estimate of drug-likeness (QED) is 0.151. The van der Waals surface area contributed by atoms with E-state index in [0.717, 1.165) is 72.3 Å². The highest BCUT2D eigenvalue weighted by Crippen LogP contribution is 2.57. The maximum Gasteiger partial charge on any atom is 0.143 e. The zero-order chi connectivity index (χ0) is 48.7. The fraction of sp³-hybridized carbons (Fsp3) is 0.0141. The molecule has 0 fully saturated rings. The summed E-state index contributed by atoms with van der Waals surface area (Å²) in [4.78, 5) is 2.45. The van der Waals surface area contributed by atoms with Crippen LogP contribution in [0.4, 0.5) is 17.1 Å². The number of anilines is 3. The smallest absolute Gasteiger partial charge is 0.143 e. The second-order valence-electron chi connectivity index (χ2n) is 19.6. The zero-order valence-corrected chi connectivity index (χ0v) is 40.4. The third-order valence-corrected chi connectivity index (χ3v) is 15.6. The Hall–Kier alpha value is -9.70. The van der Waals surface area contributed by atoms with Gasteiger partial charge in [-0.3, -0.25) is 0 Å². The van der Waals surface area contributed by atoms with Crippen molar-refractivity contribution in [3.8, 4) is 39.1 Å². The van der Waals surface area contributed by atoms with Crippen molar-refractivity contribution in [2.24, 2.45) is 0 Å². The van der Waals surface area contributed by atoms with Crippen LogP contribution in [0.2, 0.25) is 0 Å². The Morgan fingerprint density at radius 1 is 0.338 bits per heavy atom. The molecule has 15 rings (SSSR count). The first-order valence-electron chi connectivity index (χ1n) is 25.5. The van der Waals surface area contributed by atoms with Crippen LogP contribution in [0.25, 0.3) is 93.6 Å². The standard InChI is InChI=1S/C71H46N2O/c1-3-22-51(23-4-1)71(52-24-5-2-6-25-52)64-33-13-9-27-56(64)57-42-41-55(46-65(57)71)72(66-34-14-12-30-60(66)61-31-18-32-62-63-44-49-19-7-8-20-50(49)45-69(63)74-70(61)62)53-39-37-47(38-40-53)48-21-17-26-54(43-48)73-67-35-15-10-28-58(67)59-29-11-16-36-68(59)73/h1-46H. The molecule has 0 N–H and O–H groups in total. The summed E-state index contributed by atoms with van der Waals surface area (Å²) in [5.41, 5.74) is 19.8. The fourth-order valence-corrected chi connectivity index (χ4v) is 12.4. The van der Waals surface area contributed by atoms with Crippen molar-refractivity contribution in [2.45, 2.75) is 5.41 Å². The van der Waals surface area contributed by atoms with Crippen molar-refractivity contribution in [2.75, 3.05) is 4.90 Å². The summed E-state index contributed by atoms with van der Waals surface area (Å²) in [5.74, 6) is 0. The Labute approximate surface area is 429 Å². The van der Waals surface area contributed by atoms with Crippen molar-refractivity contribution >= 4 is 71.6 Å². The number of para-hydroxylation sites is 4. The number of hydrogen-bond acceptors (Lipinski definition) is 2. The molecule has 0 aliphatic heterocycles. The highest BCUT2D eigenvalue weighted by molar-refractivity contribution is 6.14. The number of hydrogen-bond donors (Lipinski definition) is 0. The molecule has 12 aromatic carbocycles.